The summed E-state index contributed by atoms with van der Waals surface area (Å²) in [5.41, 5.74) is 5.03. The Morgan fingerprint density at radius 2 is 1.25 bits per heavy atom. The number of benzene rings is 3. The normalized spacial score (nSPS) is 16.1. The van der Waals surface area contributed by atoms with E-state index in [1.54, 1.807) is 0 Å². The van der Waals surface area contributed by atoms with Crippen LogP contribution in [0.25, 0.3) is 4.96 Å². The standard InChI is InChI=1S/C29H29N5OS/c1-21-12-14-24(15-13-21)26(27-28(35)34-29(36-27)30-20-31-34)33-18-16-32(17-19-33)25(22-8-4-2-5-9-22)23-10-6-3-7-11-23/h2-15,20,25-26,35H,16-19H2,1H3/t26-/m0/s1. The van der Waals surface area contributed by atoms with Gasteiger partial charge in [-0.3, -0.25) is 9.80 Å². The molecule has 0 saturated carbocycles. The number of thiazole rings is 1. The van der Waals surface area contributed by atoms with Crippen molar-refractivity contribution in [2.75, 3.05) is 26.2 Å². The molecule has 182 valence electrons. The first kappa shape index (κ1) is 22.9. The number of nitrogens with zero attached hydrogens (tertiary/aromatic N) is 5. The summed E-state index contributed by atoms with van der Waals surface area (Å²) in [6, 6.07) is 30.4. The lowest BCUT2D eigenvalue weighted by atomic mass is 9.96. The first-order valence-electron chi connectivity index (χ1n) is 12.3. The molecule has 0 radical (unpaired) electrons. The highest BCUT2D eigenvalue weighted by atomic mass is 32.1. The third-order valence-corrected chi connectivity index (χ3v) is 8.18. The Kier molecular flexibility index (Phi) is 6.27. The van der Waals surface area contributed by atoms with Gasteiger partial charge in [0, 0.05) is 26.2 Å². The van der Waals surface area contributed by atoms with E-state index in [0.717, 1.165) is 31.1 Å². The van der Waals surface area contributed by atoms with E-state index in [-0.39, 0.29) is 18.0 Å². The van der Waals surface area contributed by atoms with Crippen molar-refractivity contribution >= 4 is 16.3 Å². The Labute approximate surface area is 215 Å². The van der Waals surface area contributed by atoms with Crippen molar-refractivity contribution in [2.45, 2.75) is 19.0 Å². The van der Waals surface area contributed by atoms with Gasteiger partial charge < -0.3 is 5.11 Å². The average molecular weight is 496 g/mol. The van der Waals surface area contributed by atoms with E-state index in [0.29, 0.717) is 4.96 Å². The summed E-state index contributed by atoms with van der Waals surface area (Å²) < 4.78 is 1.54. The first-order chi connectivity index (χ1) is 17.7. The predicted octanol–water partition coefficient (Wildman–Crippen LogP) is 5.30. The lowest BCUT2D eigenvalue weighted by molar-refractivity contribution is 0.0899. The maximum Gasteiger partial charge on any atom is 0.230 e. The van der Waals surface area contributed by atoms with Crippen molar-refractivity contribution in [1.29, 1.82) is 0 Å². The molecular formula is C29H29N5OS. The van der Waals surface area contributed by atoms with Crippen LogP contribution < -0.4 is 0 Å². The molecule has 2 aromatic heterocycles. The summed E-state index contributed by atoms with van der Waals surface area (Å²) in [5, 5.41) is 15.3. The SMILES string of the molecule is Cc1ccc([C@@H](c2sc3ncnn3c2O)N2CCN(C(c3ccccc3)c3ccccc3)CC2)cc1. The van der Waals surface area contributed by atoms with Crippen LogP contribution in [-0.2, 0) is 0 Å². The smallest absolute Gasteiger partial charge is 0.230 e. The van der Waals surface area contributed by atoms with Crippen LogP contribution in [0, 0.1) is 6.92 Å². The number of fused-ring (bicyclic) bond motifs is 1. The first-order valence-corrected chi connectivity index (χ1v) is 13.2. The van der Waals surface area contributed by atoms with Gasteiger partial charge in [-0.15, -0.1) is 0 Å². The zero-order chi connectivity index (χ0) is 24.5. The molecule has 1 fully saturated rings. The molecule has 1 aliphatic heterocycles. The molecule has 1 N–H and O–H groups in total. The zero-order valence-electron chi connectivity index (χ0n) is 20.2. The van der Waals surface area contributed by atoms with Gasteiger partial charge in [-0.2, -0.15) is 9.61 Å². The number of hydrogen-bond acceptors (Lipinski definition) is 6. The minimum atomic E-state index is -0.0480. The predicted molar refractivity (Wildman–Crippen MR) is 143 cm³/mol. The summed E-state index contributed by atoms with van der Waals surface area (Å²) in [4.78, 5) is 11.0. The lowest BCUT2D eigenvalue weighted by Gasteiger charge is -2.42. The Morgan fingerprint density at radius 3 is 1.81 bits per heavy atom. The van der Waals surface area contributed by atoms with E-state index >= 15 is 0 Å². The average Bonchev–Trinajstić information content (AvgIpc) is 3.51. The number of piperazine rings is 1. The molecule has 1 aliphatic rings. The summed E-state index contributed by atoms with van der Waals surface area (Å²) in [7, 11) is 0. The van der Waals surface area contributed by atoms with Crippen molar-refractivity contribution in [3.05, 3.63) is 118 Å². The summed E-state index contributed by atoms with van der Waals surface area (Å²) in [5.74, 6) is 0.187. The molecule has 7 heteroatoms. The van der Waals surface area contributed by atoms with Crippen LogP contribution in [0.3, 0.4) is 0 Å². The fraction of sp³-hybridized carbons (Fsp3) is 0.241. The van der Waals surface area contributed by atoms with E-state index in [2.05, 4.69) is 112 Å². The van der Waals surface area contributed by atoms with Crippen LogP contribution in [0.1, 0.15) is 39.2 Å². The minimum absolute atomic E-state index is 0.0480. The van der Waals surface area contributed by atoms with E-state index in [1.807, 2.05) is 0 Å². The third kappa shape index (κ3) is 4.30. The molecule has 3 heterocycles. The van der Waals surface area contributed by atoms with Crippen LogP contribution in [-0.4, -0.2) is 55.7 Å². The zero-order valence-corrected chi connectivity index (χ0v) is 21.1. The number of hydrogen-bond donors (Lipinski definition) is 1. The van der Waals surface area contributed by atoms with E-state index in [9.17, 15) is 5.11 Å². The Morgan fingerprint density at radius 1 is 0.722 bits per heavy atom. The summed E-state index contributed by atoms with van der Waals surface area (Å²) in [6.45, 7) is 5.74. The van der Waals surface area contributed by atoms with Gasteiger partial charge >= 0.3 is 0 Å². The molecule has 0 spiro atoms. The summed E-state index contributed by atoms with van der Waals surface area (Å²) >= 11 is 1.52. The van der Waals surface area contributed by atoms with Gasteiger partial charge in [0.15, 0.2) is 0 Å². The van der Waals surface area contributed by atoms with Crippen LogP contribution in [0.15, 0.2) is 91.3 Å². The monoisotopic (exact) mass is 495 g/mol. The molecular weight excluding hydrogens is 466 g/mol. The number of aryl methyl sites for hydroxylation is 1. The minimum Gasteiger partial charge on any atom is -0.492 e. The van der Waals surface area contributed by atoms with Gasteiger partial charge in [0.25, 0.3) is 0 Å². The Balaban J connectivity index is 1.31. The number of aromatic hydroxyl groups is 1. The number of aromatic nitrogens is 3. The molecule has 0 bridgehead atoms. The molecule has 5 aromatic rings. The second-order valence-corrected chi connectivity index (χ2v) is 10.4. The van der Waals surface area contributed by atoms with Crippen LogP contribution >= 0.6 is 11.3 Å². The van der Waals surface area contributed by atoms with Gasteiger partial charge in [-0.25, -0.2) is 4.98 Å². The van der Waals surface area contributed by atoms with Gasteiger partial charge in [-0.05, 0) is 23.6 Å². The van der Waals surface area contributed by atoms with E-state index in [1.165, 1.54) is 44.4 Å². The lowest BCUT2D eigenvalue weighted by Crippen LogP contribution is -2.49. The molecule has 6 rings (SSSR count). The third-order valence-electron chi connectivity index (χ3n) is 7.09. The largest absolute Gasteiger partial charge is 0.492 e. The molecule has 6 nitrogen and oxygen atoms in total. The highest BCUT2D eigenvalue weighted by molar-refractivity contribution is 7.17. The maximum absolute atomic E-state index is 11.1. The van der Waals surface area contributed by atoms with Gasteiger partial charge in [0.1, 0.15) is 6.33 Å². The van der Waals surface area contributed by atoms with Crippen LogP contribution in [0.4, 0.5) is 0 Å². The van der Waals surface area contributed by atoms with E-state index in [4.69, 9.17) is 0 Å². The number of rotatable bonds is 6. The fourth-order valence-electron chi connectivity index (χ4n) is 5.29. The van der Waals surface area contributed by atoms with Gasteiger partial charge in [0.2, 0.25) is 10.8 Å². The molecule has 3 aromatic carbocycles. The molecule has 0 unspecified atom stereocenters. The second-order valence-electron chi connectivity index (χ2n) is 9.35. The Hall–Kier alpha value is -3.52. The molecule has 1 atom stereocenters. The fourth-order valence-corrected chi connectivity index (χ4v) is 6.38. The van der Waals surface area contributed by atoms with Crippen molar-refractivity contribution in [1.82, 2.24) is 24.4 Å². The molecule has 1 saturated heterocycles. The highest BCUT2D eigenvalue weighted by Crippen LogP contribution is 2.40. The van der Waals surface area contributed by atoms with Crippen molar-refractivity contribution in [3.8, 4) is 5.88 Å². The van der Waals surface area contributed by atoms with Crippen molar-refractivity contribution in [3.63, 3.8) is 0 Å². The summed E-state index contributed by atoms with van der Waals surface area (Å²) in [6.07, 6.45) is 1.49. The molecule has 36 heavy (non-hydrogen) atoms. The Bertz CT molecular complexity index is 1380. The second kappa shape index (κ2) is 9.85. The topological polar surface area (TPSA) is 56.9 Å². The van der Waals surface area contributed by atoms with Gasteiger partial charge in [-0.1, -0.05) is 102 Å². The van der Waals surface area contributed by atoms with Crippen molar-refractivity contribution < 1.29 is 5.11 Å². The van der Waals surface area contributed by atoms with Crippen molar-refractivity contribution in [2.24, 2.45) is 0 Å². The highest BCUT2D eigenvalue weighted by Gasteiger charge is 2.33. The van der Waals surface area contributed by atoms with Crippen LogP contribution in [0.2, 0.25) is 0 Å². The maximum atomic E-state index is 11.1. The molecule has 0 amide bonds. The van der Waals surface area contributed by atoms with Crippen LogP contribution in [0.5, 0.6) is 5.88 Å². The molecule has 0 aliphatic carbocycles. The quantitative estimate of drug-likeness (QED) is 0.346. The van der Waals surface area contributed by atoms with Gasteiger partial charge in [0.05, 0.1) is 17.0 Å². The van der Waals surface area contributed by atoms with E-state index < -0.39 is 0 Å².